The fraction of sp³-hybridized carbons (Fsp3) is 1.00. The van der Waals surface area contributed by atoms with Gasteiger partial charge in [0, 0.05) is 13.2 Å². The van der Waals surface area contributed by atoms with E-state index in [1.807, 2.05) is 13.8 Å². The van der Waals surface area contributed by atoms with Gasteiger partial charge in [0.25, 0.3) is 0 Å². The second kappa shape index (κ2) is 18.7. The van der Waals surface area contributed by atoms with Gasteiger partial charge in [0.1, 0.15) is 24.4 Å². The predicted octanol–water partition coefficient (Wildman–Crippen LogP) is -3.18. The lowest BCUT2D eigenvalue weighted by atomic mass is 10.0. The highest BCUT2D eigenvalue weighted by molar-refractivity contribution is 4.79. The van der Waals surface area contributed by atoms with Gasteiger partial charge in [0.2, 0.25) is 0 Å². The fourth-order valence-electron chi connectivity index (χ4n) is 0.875. The van der Waals surface area contributed by atoms with Gasteiger partial charge in [0.15, 0.2) is 0 Å². The summed E-state index contributed by atoms with van der Waals surface area (Å²) in [5.41, 5.74) is 0. The van der Waals surface area contributed by atoms with Gasteiger partial charge >= 0.3 is 0 Å². The van der Waals surface area contributed by atoms with E-state index in [0.717, 1.165) is 13.2 Å². The van der Waals surface area contributed by atoms with Gasteiger partial charge in [-0.1, -0.05) is 0 Å². The molecule has 0 amide bonds. The minimum absolute atomic E-state index is 0.139. The third-order valence-corrected chi connectivity index (χ3v) is 2.18. The molecule has 0 fully saturated rings. The summed E-state index contributed by atoms with van der Waals surface area (Å²) in [4.78, 5) is 0. The topological polar surface area (TPSA) is 171 Å². The standard InChI is InChI=1S/C6H14O6.C4H10O.C3H8O2/c7-1-3(9)5(11)6(12)4(10)2-8;1-3-5-4-2;1-3(5)2-4/h3-12H,1-2H2;3-4H2,1-2H3;3-5H,2H2,1H3/t3-,4+,5-,6-;;/m1../s1. The van der Waals surface area contributed by atoms with E-state index in [-0.39, 0.29) is 6.61 Å². The van der Waals surface area contributed by atoms with Crippen LogP contribution in [0.5, 0.6) is 0 Å². The Balaban J connectivity index is -0.000000298. The van der Waals surface area contributed by atoms with E-state index < -0.39 is 43.7 Å². The van der Waals surface area contributed by atoms with Crippen molar-refractivity contribution < 1.29 is 45.6 Å². The van der Waals surface area contributed by atoms with Crippen LogP contribution in [-0.2, 0) is 4.74 Å². The van der Waals surface area contributed by atoms with E-state index >= 15 is 0 Å². The summed E-state index contributed by atoms with van der Waals surface area (Å²) in [6.45, 7) is 5.60. The fourth-order valence-corrected chi connectivity index (χ4v) is 0.875. The minimum Gasteiger partial charge on any atom is -0.394 e. The molecular formula is C13H32O9. The lowest BCUT2D eigenvalue weighted by Crippen LogP contribution is -2.46. The van der Waals surface area contributed by atoms with Crippen molar-refractivity contribution >= 4 is 0 Å². The van der Waals surface area contributed by atoms with Gasteiger partial charge in [0.05, 0.1) is 25.9 Å². The van der Waals surface area contributed by atoms with Crippen LogP contribution in [0.3, 0.4) is 0 Å². The van der Waals surface area contributed by atoms with Gasteiger partial charge in [-0.15, -0.1) is 0 Å². The first kappa shape index (κ1) is 26.5. The van der Waals surface area contributed by atoms with E-state index in [2.05, 4.69) is 0 Å². The van der Waals surface area contributed by atoms with Crippen LogP contribution in [0, 0.1) is 0 Å². The van der Waals surface area contributed by atoms with Crippen molar-refractivity contribution in [3.05, 3.63) is 0 Å². The molecule has 0 aromatic heterocycles. The Hall–Kier alpha value is -0.360. The molecule has 0 aromatic rings. The molecule has 0 radical (unpaired) electrons. The molecule has 138 valence electrons. The second-order valence-corrected chi connectivity index (χ2v) is 4.29. The highest BCUT2D eigenvalue weighted by atomic mass is 16.5. The van der Waals surface area contributed by atoms with Crippen LogP contribution in [0.15, 0.2) is 0 Å². The highest BCUT2D eigenvalue weighted by Crippen LogP contribution is 2.03. The van der Waals surface area contributed by atoms with Crippen molar-refractivity contribution in [1.29, 1.82) is 0 Å². The normalized spacial score (nSPS) is 17.0. The molecule has 0 saturated heterocycles. The summed E-state index contributed by atoms with van der Waals surface area (Å²) in [6, 6.07) is 0. The van der Waals surface area contributed by atoms with Crippen LogP contribution in [0.25, 0.3) is 0 Å². The van der Waals surface area contributed by atoms with Crippen LogP contribution in [0.2, 0.25) is 0 Å². The van der Waals surface area contributed by atoms with Crippen molar-refractivity contribution in [3.8, 4) is 0 Å². The smallest absolute Gasteiger partial charge is 0.111 e. The molecule has 0 aliphatic rings. The Bertz CT molecular complexity index is 188. The van der Waals surface area contributed by atoms with Crippen molar-refractivity contribution in [2.45, 2.75) is 51.3 Å². The van der Waals surface area contributed by atoms with Crippen LogP contribution in [0.4, 0.5) is 0 Å². The summed E-state index contributed by atoms with van der Waals surface area (Å²) in [7, 11) is 0. The zero-order chi connectivity index (χ0) is 18.1. The Kier molecular flexibility index (Phi) is 22.5. The molecule has 0 aliphatic carbocycles. The van der Waals surface area contributed by atoms with Gasteiger partial charge in [-0.2, -0.15) is 0 Å². The summed E-state index contributed by atoms with van der Waals surface area (Å²) in [6.07, 6.45) is -6.95. The summed E-state index contributed by atoms with van der Waals surface area (Å²) >= 11 is 0. The Morgan fingerprint density at radius 1 is 0.682 bits per heavy atom. The van der Waals surface area contributed by atoms with Crippen molar-refractivity contribution in [2.24, 2.45) is 0 Å². The average molecular weight is 332 g/mol. The van der Waals surface area contributed by atoms with E-state index in [1.165, 1.54) is 6.92 Å². The van der Waals surface area contributed by atoms with E-state index in [0.29, 0.717) is 0 Å². The Morgan fingerprint density at radius 3 is 1.05 bits per heavy atom. The molecule has 5 atom stereocenters. The molecule has 0 aliphatic heterocycles. The molecular weight excluding hydrogens is 300 g/mol. The number of hydrogen-bond donors (Lipinski definition) is 8. The van der Waals surface area contributed by atoms with Crippen LogP contribution in [0.1, 0.15) is 20.8 Å². The van der Waals surface area contributed by atoms with E-state index in [1.54, 1.807) is 0 Å². The predicted molar refractivity (Wildman–Crippen MR) is 79.1 cm³/mol. The molecule has 22 heavy (non-hydrogen) atoms. The first-order valence-electron chi connectivity index (χ1n) is 7.03. The number of aliphatic hydroxyl groups excluding tert-OH is 8. The number of ether oxygens (including phenoxy) is 1. The second-order valence-electron chi connectivity index (χ2n) is 4.29. The Labute approximate surface area is 131 Å². The molecule has 0 rings (SSSR count). The number of hydrogen-bond acceptors (Lipinski definition) is 9. The van der Waals surface area contributed by atoms with Crippen LogP contribution in [-0.4, -0.2) is 104 Å². The van der Waals surface area contributed by atoms with Crippen LogP contribution >= 0.6 is 0 Å². The van der Waals surface area contributed by atoms with Crippen molar-refractivity contribution in [2.75, 3.05) is 33.0 Å². The Morgan fingerprint density at radius 2 is 0.955 bits per heavy atom. The maximum atomic E-state index is 8.96. The lowest BCUT2D eigenvalue weighted by Gasteiger charge is -2.24. The summed E-state index contributed by atoms with van der Waals surface area (Å²) in [5.74, 6) is 0. The maximum absolute atomic E-state index is 8.96. The van der Waals surface area contributed by atoms with Gasteiger partial charge in [-0.3, -0.25) is 0 Å². The quantitative estimate of drug-likeness (QED) is 0.228. The van der Waals surface area contributed by atoms with E-state index in [9.17, 15) is 0 Å². The maximum Gasteiger partial charge on any atom is 0.111 e. The molecule has 0 heterocycles. The highest BCUT2D eigenvalue weighted by Gasteiger charge is 2.29. The molecule has 9 nitrogen and oxygen atoms in total. The zero-order valence-corrected chi connectivity index (χ0v) is 13.4. The zero-order valence-electron chi connectivity index (χ0n) is 13.4. The molecule has 8 N–H and O–H groups in total. The summed E-state index contributed by atoms with van der Waals surface area (Å²) < 4.78 is 4.83. The molecule has 0 aromatic carbocycles. The third-order valence-electron chi connectivity index (χ3n) is 2.18. The van der Waals surface area contributed by atoms with Crippen molar-refractivity contribution in [1.82, 2.24) is 0 Å². The minimum atomic E-state index is -1.67. The molecule has 1 unspecified atom stereocenters. The van der Waals surface area contributed by atoms with Gasteiger partial charge in [-0.25, -0.2) is 0 Å². The molecule has 9 heteroatoms. The monoisotopic (exact) mass is 332 g/mol. The first-order valence-corrected chi connectivity index (χ1v) is 7.03. The van der Waals surface area contributed by atoms with Crippen LogP contribution < -0.4 is 0 Å². The molecule has 0 spiro atoms. The molecule has 0 bridgehead atoms. The third kappa shape index (κ3) is 17.7. The van der Waals surface area contributed by atoms with Gasteiger partial charge < -0.3 is 45.6 Å². The largest absolute Gasteiger partial charge is 0.394 e. The SMILES string of the molecule is CC(O)CO.CCOCC.OC[C@@H](O)[C@@H](O)[C@H](O)[C@@H](O)CO. The van der Waals surface area contributed by atoms with E-state index in [4.69, 9.17) is 45.6 Å². The molecule has 0 saturated carbocycles. The van der Waals surface area contributed by atoms with Crippen molar-refractivity contribution in [3.63, 3.8) is 0 Å². The summed E-state index contributed by atoms with van der Waals surface area (Å²) in [5, 5.41) is 68.2. The van der Waals surface area contributed by atoms with Gasteiger partial charge in [-0.05, 0) is 20.8 Å². The first-order chi connectivity index (χ1) is 10.2. The number of aliphatic hydroxyl groups is 8. The number of rotatable bonds is 8. The lowest BCUT2D eigenvalue weighted by molar-refractivity contribution is -0.123. The average Bonchev–Trinajstić information content (AvgIpc) is 2.53.